The lowest BCUT2D eigenvalue weighted by atomic mass is 10.0. The number of carbonyl (C=O) groups is 1. The fraction of sp³-hybridized carbons (Fsp3) is 0.350. The Morgan fingerprint density at radius 2 is 1.84 bits per heavy atom. The number of amides is 1. The van der Waals surface area contributed by atoms with Crippen molar-refractivity contribution >= 4 is 11.6 Å². The number of piperidine rings is 1. The number of hydrogen-bond donors (Lipinski definition) is 2. The molecule has 0 atom stereocenters. The van der Waals surface area contributed by atoms with Crippen molar-refractivity contribution in [3.63, 3.8) is 0 Å². The normalized spacial score (nSPS) is 15.0. The molecule has 5 heteroatoms. The molecule has 1 heterocycles. The Bertz CT molecular complexity index is 707. The van der Waals surface area contributed by atoms with E-state index in [9.17, 15) is 4.79 Å². The summed E-state index contributed by atoms with van der Waals surface area (Å²) in [6.45, 7) is 2.29. The summed E-state index contributed by atoms with van der Waals surface area (Å²) in [7, 11) is 1.70. The van der Waals surface area contributed by atoms with Gasteiger partial charge in [-0.3, -0.25) is 4.79 Å². The van der Waals surface area contributed by atoms with Gasteiger partial charge in [0.05, 0.1) is 12.8 Å². The van der Waals surface area contributed by atoms with E-state index < -0.39 is 0 Å². The number of rotatable bonds is 5. The molecule has 3 N–H and O–H groups in total. The number of nitrogens with two attached hydrogens (primary N) is 1. The molecule has 1 aliphatic rings. The maximum absolute atomic E-state index is 12.4. The third kappa shape index (κ3) is 4.12. The Morgan fingerprint density at radius 1 is 1.16 bits per heavy atom. The first-order valence-corrected chi connectivity index (χ1v) is 8.69. The Morgan fingerprint density at radius 3 is 2.48 bits per heavy atom. The van der Waals surface area contributed by atoms with E-state index in [1.807, 2.05) is 42.5 Å². The van der Waals surface area contributed by atoms with Gasteiger partial charge >= 0.3 is 0 Å². The van der Waals surface area contributed by atoms with Gasteiger partial charge in [-0.1, -0.05) is 24.3 Å². The van der Waals surface area contributed by atoms with Gasteiger partial charge in [0.15, 0.2) is 0 Å². The van der Waals surface area contributed by atoms with Crippen LogP contribution in [-0.2, 0) is 6.54 Å². The largest absolute Gasteiger partial charge is 0.495 e. The summed E-state index contributed by atoms with van der Waals surface area (Å²) in [6, 6.07) is 15.7. The van der Waals surface area contributed by atoms with Crippen LogP contribution in [0.2, 0.25) is 0 Å². The monoisotopic (exact) mass is 339 g/mol. The average Bonchev–Trinajstić information content (AvgIpc) is 2.68. The Balaban J connectivity index is 1.56. The van der Waals surface area contributed by atoms with Crippen LogP contribution in [0.1, 0.15) is 28.8 Å². The summed E-state index contributed by atoms with van der Waals surface area (Å²) >= 11 is 0. The van der Waals surface area contributed by atoms with Crippen LogP contribution in [-0.4, -0.2) is 32.1 Å². The molecule has 0 bridgehead atoms. The molecule has 25 heavy (non-hydrogen) atoms. The van der Waals surface area contributed by atoms with Crippen LogP contribution >= 0.6 is 0 Å². The molecule has 1 saturated heterocycles. The molecule has 2 aromatic carbocycles. The molecule has 2 aromatic rings. The minimum atomic E-state index is -0.0145. The lowest BCUT2D eigenvalue weighted by Gasteiger charge is -2.34. The van der Waals surface area contributed by atoms with Crippen molar-refractivity contribution in [2.24, 2.45) is 5.73 Å². The van der Waals surface area contributed by atoms with E-state index in [2.05, 4.69) is 16.3 Å². The fourth-order valence-corrected chi connectivity index (χ4v) is 3.22. The SMILES string of the molecule is COc1ccccc1N1CCC(NC(=O)c2ccc(CN)cc2)CC1. The molecule has 1 amide bonds. The summed E-state index contributed by atoms with van der Waals surface area (Å²) < 4.78 is 5.45. The summed E-state index contributed by atoms with van der Waals surface area (Å²) in [4.78, 5) is 14.7. The molecule has 0 spiro atoms. The van der Waals surface area contributed by atoms with Crippen molar-refractivity contribution in [2.75, 3.05) is 25.1 Å². The summed E-state index contributed by atoms with van der Waals surface area (Å²) in [5.74, 6) is 0.879. The molecule has 0 aromatic heterocycles. The van der Waals surface area contributed by atoms with E-state index in [0.717, 1.165) is 42.9 Å². The Labute approximate surface area is 148 Å². The maximum atomic E-state index is 12.4. The molecule has 132 valence electrons. The van der Waals surface area contributed by atoms with Gasteiger partial charge in [-0.25, -0.2) is 0 Å². The first-order chi connectivity index (χ1) is 12.2. The second kappa shape index (κ2) is 8.03. The zero-order valence-electron chi connectivity index (χ0n) is 14.6. The molecule has 1 fully saturated rings. The molecule has 0 saturated carbocycles. The van der Waals surface area contributed by atoms with Gasteiger partial charge in [-0.2, -0.15) is 0 Å². The highest BCUT2D eigenvalue weighted by Crippen LogP contribution is 2.29. The van der Waals surface area contributed by atoms with Crippen molar-refractivity contribution in [2.45, 2.75) is 25.4 Å². The van der Waals surface area contributed by atoms with Gasteiger partial charge in [0, 0.05) is 31.2 Å². The number of benzene rings is 2. The highest BCUT2D eigenvalue weighted by Gasteiger charge is 2.22. The van der Waals surface area contributed by atoms with E-state index in [-0.39, 0.29) is 11.9 Å². The predicted octanol–water partition coefficient (Wildman–Crippen LogP) is 2.55. The minimum absolute atomic E-state index is 0.0145. The van der Waals surface area contributed by atoms with Crippen molar-refractivity contribution in [1.82, 2.24) is 5.32 Å². The van der Waals surface area contributed by atoms with E-state index in [0.29, 0.717) is 12.1 Å². The van der Waals surface area contributed by atoms with Crippen LogP contribution < -0.4 is 20.7 Å². The number of para-hydroxylation sites is 2. The lowest BCUT2D eigenvalue weighted by Crippen LogP contribution is -2.44. The van der Waals surface area contributed by atoms with Gasteiger partial charge in [0.2, 0.25) is 0 Å². The van der Waals surface area contributed by atoms with Crippen LogP contribution in [0.4, 0.5) is 5.69 Å². The topological polar surface area (TPSA) is 67.6 Å². The molecule has 5 nitrogen and oxygen atoms in total. The molecule has 0 radical (unpaired) electrons. The molecule has 3 rings (SSSR count). The van der Waals surface area contributed by atoms with E-state index >= 15 is 0 Å². The van der Waals surface area contributed by atoms with Crippen LogP contribution in [0.3, 0.4) is 0 Å². The Kier molecular flexibility index (Phi) is 5.56. The molecular weight excluding hydrogens is 314 g/mol. The number of anilines is 1. The number of methoxy groups -OCH3 is 1. The van der Waals surface area contributed by atoms with Crippen molar-refractivity contribution in [3.8, 4) is 5.75 Å². The zero-order chi connectivity index (χ0) is 17.6. The third-order valence-electron chi connectivity index (χ3n) is 4.71. The van der Waals surface area contributed by atoms with Crippen molar-refractivity contribution < 1.29 is 9.53 Å². The Hall–Kier alpha value is -2.53. The quantitative estimate of drug-likeness (QED) is 0.878. The maximum Gasteiger partial charge on any atom is 0.251 e. The molecular formula is C20H25N3O2. The number of ether oxygens (including phenoxy) is 1. The highest BCUT2D eigenvalue weighted by molar-refractivity contribution is 5.94. The highest BCUT2D eigenvalue weighted by atomic mass is 16.5. The number of hydrogen-bond acceptors (Lipinski definition) is 4. The van der Waals surface area contributed by atoms with Gasteiger partial charge < -0.3 is 20.7 Å². The summed E-state index contributed by atoms with van der Waals surface area (Å²) in [5.41, 5.74) is 8.42. The molecule has 0 unspecified atom stereocenters. The van der Waals surface area contributed by atoms with Crippen molar-refractivity contribution in [3.05, 3.63) is 59.7 Å². The standard InChI is InChI=1S/C20H25N3O2/c1-25-19-5-3-2-4-18(19)23-12-10-17(11-13-23)22-20(24)16-8-6-15(14-21)7-9-16/h2-9,17H,10-14,21H2,1H3,(H,22,24). The van der Waals surface area contributed by atoms with E-state index in [1.165, 1.54) is 0 Å². The van der Waals surface area contributed by atoms with Gasteiger partial charge in [0.25, 0.3) is 5.91 Å². The van der Waals surface area contributed by atoms with Crippen LogP contribution in [0.5, 0.6) is 5.75 Å². The smallest absolute Gasteiger partial charge is 0.251 e. The number of nitrogens with zero attached hydrogens (tertiary/aromatic N) is 1. The van der Waals surface area contributed by atoms with Crippen LogP contribution in [0, 0.1) is 0 Å². The summed E-state index contributed by atoms with van der Waals surface area (Å²) in [6.07, 6.45) is 1.84. The number of nitrogens with one attached hydrogen (secondary N) is 1. The van der Waals surface area contributed by atoms with Gasteiger partial charge in [-0.15, -0.1) is 0 Å². The van der Waals surface area contributed by atoms with Gasteiger partial charge in [-0.05, 0) is 42.7 Å². The van der Waals surface area contributed by atoms with Crippen LogP contribution in [0.15, 0.2) is 48.5 Å². The van der Waals surface area contributed by atoms with Gasteiger partial charge in [0.1, 0.15) is 5.75 Å². The van der Waals surface area contributed by atoms with E-state index in [1.54, 1.807) is 7.11 Å². The lowest BCUT2D eigenvalue weighted by molar-refractivity contribution is 0.0931. The fourth-order valence-electron chi connectivity index (χ4n) is 3.22. The van der Waals surface area contributed by atoms with Crippen molar-refractivity contribution in [1.29, 1.82) is 0 Å². The molecule has 0 aliphatic carbocycles. The average molecular weight is 339 g/mol. The van der Waals surface area contributed by atoms with E-state index in [4.69, 9.17) is 10.5 Å². The predicted molar refractivity (Wildman–Crippen MR) is 100 cm³/mol. The minimum Gasteiger partial charge on any atom is -0.495 e. The zero-order valence-corrected chi connectivity index (χ0v) is 14.6. The second-order valence-corrected chi connectivity index (χ2v) is 6.31. The van der Waals surface area contributed by atoms with Crippen LogP contribution in [0.25, 0.3) is 0 Å². The first-order valence-electron chi connectivity index (χ1n) is 8.69. The first kappa shape index (κ1) is 17.3. The molecule has 1 aliphatic heterocycles. The third-order valence-corrected chi connectivity index (χ3v) is 4.71. The number of carbonyl (C=O) groups excluding carboxylic acids is 1. The second-order valence-electron chi connectivity index (χ2n) is 6.31. The summed E-state index contributed by atoms with van der Waals surface area (Å²) in [5, 5.41) is 3.15.